The van der Waals surface area contributed by atoms with Gasteiger partial charge in [-0.15, -0.1) is 11.8 Å². The van der Waals surface area contributed by atoms with Crippen LogP contribution in [0.15, 0.2) is 94.5 Å². The predicted octanol–water partition coefficient (Wildman–Crippen LogP) is 8.08. The molecule has 5 aromatic rings. The number of piperazine rings is 1. The fourth-order valence-corrected chi connectivity index (χ4v) is 10.6. The van der Waals surface area contributed by atoms with Gasteiger partial charge in [0.2, 0.25) is 0 Å². The number of anilines is 1. The second-order valence-corrected chi connectivity index (χ2v) is 19.4. The van der Waals surface area contributed by atoms with Gasteiger partial charge in [-0.1, -0.05) is 43.2 Å². The average Bonchev–Trinajstić information content (AvgIpc) is 3.69. The van der Waals surface area contributed by atoms with Crippen molar-refractivity contribution in [2.75, 3.05) is 50.0 Å². The Labute approximate surface area is 352 Å². The molecule has 0 spiro atoms. The number of aromatic nitrogens is 2. The molecule has 0 bridgehead atoms. The fourth-order valence-electron chi connectivity index (χ4n) is 8.15. The van der Waals surface area contributed by atoms with E-state index in [2.05, 4.69) is 50.5 Å². The number of amides is 1. The average molecular weight is 857 g/mol. The predicted molar refractivity (Wildman–Crippen MR) is 230 cm³/mol. The minimum Gasteiger partial charge on any atom is -0.455 e. The number of hydrogen-bond donors (Lipinski definition) is 3. The molecule has 1 atom stereocenters. The van der Waals surface area contributed by atoms with E-state index in [0.29, 0.717) is 27.6 Å². The maximum absolute atomic E-state index is 13.9. The molecule has 4 heterocycles. The molecule has 3 aromatic carbocycles. The van der Waals surface area contributed by atoms with Crippen LogP contribution >= 0.6 is 23.4 Å². The first-order valence-corrected chi connectivity index (χ1v) is 22.4. The van der Waals surface area contributed by atoms with E-state index >= 15 is 0 Å². The second kappa shape index (κ2) is 16.6. The van der Waals surface area contributed by atoms with Crippen molar-refractivity contribution in [2.24, 2.45) is 11.3 Å². The summed E-state index contributed by atoms with van der Waals surface area (Å²) in [5, 5.41) is 23.2. The van der Waals surface area contributed by atoms with Gasteiger partial charge in [0, 0.05) is 90.0 Å². The number of H-pyrrole nitrogens is 1. The summed E-state index contributed by atoms with van der Waals surface area (Å²) in [7, 11) is -4.57. The number of halogens is 1. The van der Waals surface area contributed by atoms with Gasteiger partial charge in [0.15, 0.2) is 0 Å². The molecule has 1 aliphatic carbocycles. The molecule has 2 aromatic heterocycles. The number of hydrogen-bond acceptors (Lipinski definition) is 11. The van der Waals surface area contributed by atoms with Gasteiger partial charge in [-0.05, 0) is 90.6 Å². The first-order valence-electron chi connectivity index (χ1n) is 19.6. The molecule has 2 aliphatic heterocycles. The Bertz CT molecular complexity index is 2570. The van der Waals surface area contributed by atoms with Crippen LogP contribution in [0.4, 0.5) is 11.4 Å². The van der Waals surface area contributed by atoms with Crippen molar-refractivity contribution >= 4 is 67.3 Å². The van der Waals surface area contributed by atoms with Gasteiger partial charge in [-0.25, -0.2) is 18.1 Å². The van der Waals surface area contributed by atoms with Crippen LogP contribution in [0, 0.1) is 21.4 Å². The fraction of sp³-hybridized carbons (Fsp3) is 0.349. The van der Waals surface area contributed by atoms with E-state index in [1.165, 1.54) is 46.8 Å². The van der Waals surface area contributed by atoms with Crippen molar-refractivity contribution in [3.63, 3.8) is 0 Å². The van der Waals surface area contributed by atoms with Crippen LogP contribution in [0.2, 0.25) is 5.02 Å². The molecule has 3 N–H and O–H groups in total. The smallest absolute Gasteiger partial charge is 0.275 e. The highest BCUT2D eigenvalue weighted by Crippen LogP contribution is 2.44. The van der Waals surface area contributed by atoms with Crippen LogP contribution in [0.1, 0.15) is 54.6 Å². The minimum absolute atomic E-state index is 0.0420. The Balaban J connectivity index is 1.04. The molecule has 3 aliphatic rings. The van der Waals surface area contributed by atoms with Crippen LogP contribution in [0.5, 0.6) is 11.5 Å². The van der Waals surface area contributed by atoms with Crippen molar-refractivity contribution < 1.29 is 28.0 Å². The van der Waals surface area contributed by atoms with Crippen LogP contribution < -0.4 is 14.4 Å². The number of nitrogens with one attached hydrogen (secondary N) is 2. The summed E-state index contributed by atoms with van der Waals surface area (Å²) in [5.41, 5.74) is 5.74. The number of benzene rings is 3. The van der Waals surface area contributed by atoms with E-state index in [1.807, 2.05) is 18.2 Å². The summed E-state index contributed by atoms with van der Waals surface area (Å²) in [4.78, 5) is 37.5. The Hall–Kier alpha value is -4.93. The zero-order valence-corrected chi connectivity index (χ0v) is 35.1. The SMILES string of the molecule is CC1(C)CCC(CN2CCN(c3ccc(C(=O)NS(=O)(=O)c4cc5c(c([N+](=O)[O-])c4)C[C@H](CO)CS5)c(Oc4cnc5[nH]ccc5c4)c3)CC2)=C(c2ccc(Cl)cc2)C1. The third kappa shape index (κ3) is 8.99. The number of fused-ring (bicyclic) bond motifs is 2. The molecular formula is C43H45ClN6O7S2. The molecule has 59 heavy (non-hydrogen) atoms. The number of carbonyl (C=O) groups excluding carboxylic acids is 1. The standard InChI is InChI=1S/C43H45ClN6O7S2/c1-43(2)11-9-30(37(22-43)28-3-5-31(44)6-4-28)24-48-13-15-49(16-14-48)32-7-8-35(39(19-32)57-33-18-29-10-12-45-41(29)46-23-33)42(52)47-59(55,56)34-20-38(50(53)54)36-17-27(25-51)26-58-40(36)21-34/h3-8,10,12,18-21,23,27,51H,9,11,13-17,22,24-26H2,1-2H3,(H,45,46)(H,47,52)/t27-/m1/s1. The van der Waals surface area contributed by atoms with E-state index < -0.39 is 25.7 Å². The number of aliphatic hydroxyl groups is 1. The second-order valence-electron chi connectivity index (χ2n) is 16.2. The summed E-state index contributed by atoms with van der Waals surface area (Å²) in [6.07, 6.45) is 6.71. The number of nitro groups is 1. The van der Waals surface area contributed by atoms with Gasteiger partial charge < -0.3 is 19.7 Å². The summed E-state index contributed by atoms with van der Waals surface area (Å²) >= 11 is 7.48. The highest BCUT2D eigenvalue weighted by Gasteiger charge is 2.33. The maximum atomic E-state index is 13.9. The number of rotatable bonds is 11. The monoisotopic (exact) mass is 856 g/mol. The first kappa shape index (κ1) is 40.8. The largest absolute Gasteiger partial charge is 0.455 e. The van der Waals surface area contributed by atoms with Crippen molar-refractivity contribution in [1.82, 2.24) is 19.6 Å². The maximum Gasteiger partial charge on any atom is 0.275 e. The van der Waals surface area contributed by atoms with Crippen LogP contribution in [-0.4, -0.2) is 84.3 Å². The molecule has 0 unspecified atom stereocenters. The number of carbonyl (C=O) groups is 1. The van der Waals surface area contributed by atoms with E-state index in [4.69, 9.17) is 16.3 Å². The van der Waals surface area contributed by atoms with E-state index in [0.717, 1.165) is 74.1 Å². The number of allylic oxidation sites excluding steroid dienone is 1. The Morgan fingerprint density at radius 3 is 2.63 bits per heavy atom. The number of pyridine rings is 1. The Morgan fingerprint density at radius 1 is 1.10 bits per heavy atom. The molecule has 0 saturated carbocycles. The number of ether oxygens (including phenoxy) is 1. The number of aliphatic hydroxyl groups excluding tert-OH is 1. The van der Waals surface area contributed by atoms with Gasteiger partial charge in [0.1, 0.15) is 17.1 Å². The Morgan fingerprint density at radius 2 is 1.88 bits per heavy atom. The lowest BCUT2D eigenvalue weighted by Crippen LogP contribution is -2.47. The summed E-state index contributed by atoms with van der Waals surface area (Å²) in [6.45, 7) is 8.48. The van der Waals surface area contributed by atoms with Gasteiger partial charge in [-0.3, -0.25) is 19.8 Å². The highest BCUT2D eigenvalue weighted by molar-refractivity contribution is 7.99. The molecule has 8 rings (SSSR count). The molecule has 13 nitrogen and oxygen atoms in total. The van der Waals surface area contributed by atoms with Crippen molar-refractivity contribution in [2.45, 2.75) is 49.3 Å². The van der Waals surface area contributed by atoms with E-state index in [-0.39, 0.29) is 41.4 Å². The van der Waals surface area contributed by atoms with E-state index in [1.54, 1.807) is 24.4 Å². The minimum atomic E-state index is -4.57. The lowest BCUT2D eigenvalue weighted by atomic mass is 9.72. The highest BCUT2D eigenvalue weighted by atomic mass is 35.5. The summed E-state index contributed by atoms with van der Waals surface area (Å²) < 4.78 is 35.9. The third-order valence-corrected chi connectivity index (χ3v) is 14.3. The number of sulfonamides is 1. The molecular weight excluding hydrogens is 812 g/mol. The molecule has 0 radical (unpaired) electrons. The number of aromatic amines is 1. The Kier molecular flexibility index (Phi) is 11.5. The third-order valence-electron chi connectivity index (χ3n) is 11.5. The van der Waals surface area contributed by atoms with Gasteiger partial charge >= 0.3 is 0 Å². The van der Waals surface area contributed by atoms with Gasteiger partial charge in [-0.2, -0.15) is 0 Å². The lowest BCUT2D eigenvalue weighted by Gasteiger charge is -2.39. The molecule has 1 fully saturated rings. The van der Waals surface area contributed by atoms with Crippen molar-refractivity contribution in [3.8, 4) is 11.5 Å². The lowest BCUT2D eigenvalue weighted by molar-refractivity contribution is -0.386. The van der Waals surface area contributed by atoms with Crippen molar-refractivity contribution in [1.29, 1.82) is 0 Å². The number of thioether (sulfide) groups is 1. The summed E-state index contributed by atoms with van der Waals surface area (Å²) in [5.74, 6) is -0.198. The van der Waals surface area contributed by atoms with E-state index in [9.17, 15) is 28.4 Å². The van der Waals surface area contributed by atoms with Crippen molar-refractivity contribution in [3.05, 3.63) is 117 Å². The molecule has 308 valence electrons. The van der Waals surface area contributed by atoms with Crippen LogP contribution in [-0.2, 0) is 16.4 Å². The number of nitrogens with zero attached hydrogens (tertiary/aromatic N) is 4. The zero-order valence-electron chi connectivity index (χ0n) is 32.7. The topological polar surface area (TPSA) is 171 Å². The van der Waals surface area contributed by atoms with Gasteiger partial charge in [0.05, 0.1) is 21.6 Å². The molecule has 1 saturated heterocycles. The first-order chi connectivity index (χ1) is 28.2. The molecule has 16 heteroatoms. The zero-order chi connectivity index (χ0) is 41.5. The van der Waals surface area contributed by atoms with Gasteiger partial charge in [0.25, 0.3) is 21.6 Å². The van der Waals surface area contributed by atoms with Crippen LogP contribution in [0.3, 0.4) is 0 Å². The van der Waals surface area contributed by atoms with Crippen LogP contribution in [0.25, 0.3) is 16.6 Å². The molecule has 1 amide bonds. The number of nitro benzene ring substituents is 1. The normalized spacial score (nSPS) is 18.4. The summed E-state index contributed by atoms with van der Waals surface area (Å²) in [6, 6.07) is 19.1. The quantitative estimate of drug-likeness (QED) is 0.0867.